The molecule has 0 N–H and O–H groups in total. The minimum atomic E-state index is -0.191. The van der Waals surface area contributed by atoms with Crippen molar-refractivity contribution in [3.63, 3.8) is 0 Å². The molecule has 1 aromatic carbocycles. The Morgan fingerprint density at radius 2 is 1.62 bits per heavy atom. The Balaban J connectivity index is 1.96. The first kappa shape index (κ1) is 11.6. The van der Waals surface area contributed by atoms with Crippen LogP contribution in [0.3, 0.4) is 0 Å². The molecule has 0 radical (unpaired) electrons. The van der Waals surface area contributed by atoms with Gasteiger partial charge in [-0.1, -0.05) is 30.3 Å². The lowest BCUT2D eigenvalue weighted by molar-refractivity contribution is -0.897. The maximum atomic E-state index is 5.77. The maximum absolute atomic E-state index is 5.77. The van der Waals surface area contributed by atoms with Crippen molar-refractivity contribution in [3.05, 3.63) is 30.3 Å². The van der Waals surface area contributed by atoms with Gasteiger partial charge in [-0.15, -0.1) is 0 Å². The molecule has 2 rings (SSSR count). The monoisotopic (exact) mass is 220 g/mol. The van der Waals surface area contributed by atoms with Gasteiger partial charge in [-0.3, -0.25) is 0 Å². The molecule has 1 aliphatic rings. The zero-order valence-corrected chi connectivity index (χ0v) is 10.2. The highest BCUT2D eigenvalue weighted by molar-refractivity contribution is 6.61. The number of hydrogen-bond donors (Lipinski definition) is 0. The number of nitrogens with zero attached hydrogens (tertiary/aromatic N) is 1. The lowest BCUT2D eigenvalue weighted by Gasteiger charge is -2.37. The smallest absolute Gasteiger partial charge is 0.401 e. The molecule has 1 aliphatic heterocycles. The average molecular weight is 220 g/mol. The van der Waals surface area contributed by atoms with Crippen molar-refractivity contribution >= 4 is 12.6 Å². The standard InChI is InChI=1S/C12H19BNO2/c1-14(2,3)12-9-15-13(16-10-12)11-7-5-4-6-8-11/h4-8,12H,9-10H2,1-3H3/q+1. The zero-order valence-electron chi connectivity index (χ0n) is 10.2. The first-order valence-electron chi connectivity index (χ1n) is 5.66. The van der Waals surface area contributed by atoms with Crippen LogP contribution in [0.15, 0.2) is 30.3 Å². The molecule has 0 atom stereocenters. The van der Waals surface area contributed by atoms with Gasteiger partial charge >= 0.3 is 7.12 Å². The van der Waals surface area contributed by atoms with Gasteiger partial charge in [-0.2, -0.15) is 0 Å². The SMILES string of the molecule is C[N+](C)(C)C1COB(c2ccccc2)OC1. The summed E-state index contributed by atoms with van der Waals surface area (Å²) in [6.45, 7) is 1.51. The van der Waals surface area contributed by atoms with Crippen LogP contribution in [0.5, 0.6) is 0 Å². The third kappa shape index (κ3) is 2.64. The summed E-state index contributed by atoms with van der Waals surface area (Å²) in [4.78, 5) is 0. The Morgan fingerprint density at radius 3 is 2.12 bits per heavy atom. The van der Waals surface area contributed by atoms with E-state index in [2.05, 4.69) is 21.1 Å². The van der Waals surface area contributed by atoms with Crippen molar-refractivity contribution in [1.29, 1.82) is 0 Å². The molecule has 0 bridgehead atoms. The second kappa shape index (κ2) is 4.57. The van der Waals surface area contributed by atoms with Crippen molar-refractivity contribution in [1.82, 2.24) is 0 Å². The lowest BCUT2D eigenvalue weighted by Crippen LogP contribution is -2.57. The van der Waals surface area contributed by atoms with E-state index in [1.807, 2.05) is 30.3 Å². The highest BCUT2D eigenvalue weighted by Crippen LogP contribution is 2.11. The van der Waals surface area contributed by atoms with Crippen LogP contribution in [-0.4, -0.2) is 52.0 Å². The predicted molar refractivity (Wildman–Crippen MR) is 65.6 cm³/mol. The van der Waals surface area contributed by atoms with E-state index in [1.54, 1.807) is 0 Å². The van der Waals surface area contributed by atoms with E-state index in [-0.39, 0.29) is 7.12 Å². The van der Waals surface area contributed by atoms with Crippen LogP contribution in [-0.2, 0) is 9.31 Å². The lowest BCUT2D eigenvalue weighted by atomic mass is 9.78. The van der Waals surface area contributed by atoms with Crippen LogP contribution >= 0.6 is 0 Å². The van der Waals surface area contributed by atoms with E-state index < -0.39 is 0 Å². The number of quaternary nitrogens is 1. The van der Waals surface area contributed by atoms with Gasteiger partial charge in [0.15, 0.2) is 0 Å². The summed E-state index contributed by atoms with van der Waals surface area (Å²) in [6.07, 6.45) is 0. The number of hydrogen-bond acceptors (Lipinski definition) is 2. The minimum Gasteiger partial charge on any atom is -0.401 e. The van der Waals surface area contributed by atoms with E-state index in [4.69, 9.17) is 9.31 Å². The van der Waals surface area contributed by atoms with Crippen LogP contribution in [0.1, 0.15) is 0 Å². The Morgan fingerprint density at radius 1 is 1.06 bits per heavy atom. The normalized spacial score (nSPS) is 18.8. The summed E-state index contributed by atoms with van der Waals surface area (Å²) in [7, 11) is 6.31. The Labute approximate surface area is 97.7 Å². The van der Waals surface area contributed by atoms with Gasteiger partial charge in [-0.25, -0.2) is 0 Å². The Kier molecular flexibility index (Phi) is 3.33. The summed E-state index contributed by atoms with van der Waals surface area (Å²) < 4.78 is 12.4. The largest absolute Gasteiger partial charge is 0.494 e. The Bertz CT molecular complexity index is 329. The third-order valence-corrected chi connectivity index (χ3v) is 3.05. The van der Waals surface area contributed by atoms with Crippen molar-refractivity contribution in [2.75, 3.05) is 34.4 Å². The molecule has 4 heteroatoms. The van der Waals surface area contributed by atoms with Gasteiger partial charge in [0.2, 0.25) is 0 Å². The van der Waals surface area contributed by atoms with Gasteiger partial charge in [0.1, 0.15) is 6.04 Å². The third-order valence-electron chi connectivity index (χ3n) is 3.05. The highest BCUT2D eigenvalue weighted by Gasteiger charge is 2.34. The fraction of sp³-hybridized carbons (Fsp3) is 0.500. The van der Waals surface area contributed by atoms with E-state index in [9.17, 15) is 0 Å². The van der Waals surface area contributed by atoms with E-state index in [0.29, 0.717) is 6.04 Å². The molecular weight excluding hydrogens is 201 g/mol. The minimum absolute atomic E-state index is 0.191. The van der Waals surface area contributed by atoms with Crippen LogP contribution in [0.25, 0.3) is 0 Å². The molecule has 0 unspecified atom stereocenters. The number of rotatable bonds is 2. The maximum Gasteiger partial charge on any atom is 0.494 e. The number of likely N-dealkylation sites (N-methyl/N-ethyl adjacent to an activating group) is 1. The fourth-order valence-corrected chi connectivity index (χ4v) is 1.74. The second-order valence-electron chi connectivity index (χ2n) is 5.18. The van der Waals surface area contributed by atoms with Crippen molar-refractivity contribution in [3.8, 4) is 0 Å². The molecule has 0 amide bonds. The summed E-state index contributed by atoms with van der Waals surface area (Å²) in [5, 5.41) is 0. The first-order valence-corrected chi connectivity index (χ1v) is 5.66. The van der Waals surface area contributed by atoms with Gasteiger partial charge < -0.3 is 13.8 Å². The topological polar surface area (TPSA) is 18.5 Å². The van der Waals surface area contributed by atoms with Gasteiger partial charge in [0.05, 0.1) is 34.4 Å². The van der Waals surface area contributed by atoms with E-state index >= 15 is 0 Å². The molecule has 1 fully saturated rings. The molecule has 1 saturated heterocycles. The van der Waals surface area contributed by atoms with Gasteiger partial charge in [0.25, 0.3) is 0 Å². The zero-order chi connectivity index (χ0) is 11.6. The average Bonchev–Trinajstić information content (AvgIpc) is 2.29. The van der Waals surface area contributed by atoms with Crippen molar-refractivity contribution in [2.45, 2.75) is 6.04 Å². The summed E-state index contributed by atoms with van der Waals surface area (Å²) in [6, 6.07) is 10.5. The molecule has 3 nitrogen and oxygen atoms in total. The molecule has 0 aromatic heterocycles. The van der Waals surface area contributed by atoms with Crippen LogP contribution in [0, 0.1) is 0 Å². The highest BCUT2D eigenvalue weighted by atomic mass is 16.6. The second-order valence-corrected chi connectivity index (χ2v) is 5.18. The number of benzene rings is 1. The summed E-state index contributed by atoms with van der Waals surface area (Å²) in [5.41, 5.74) is 1.10. The fourth-order valence-electron chi connectivity index (χ4n) is 1.74. The summed E-state index contributed by atoms with van der Waals surface area (Å²) in [5.74, 6) is 0. The van der Waals surface area contributed by atoms with Crippen LogP contribution < -0.4 is 5.46 Å². The molecule has 0 aliphatic carbocycles. The molecule has 0 saturated carbocycles. The molecule has 1 aromatic rings. The predicted octanol–water partition coefficient (Wildman–Crippen LogP) is 0.503. The molecular formula is C12H19BNO2+. The molecule has 1 heterocycles. The molecule has 86 valence electrons. The van der Waals surface area contributed by atoms with Crippen LogP contribution in [0.4, 0.5) is 0 Å². The van der Waals surface area contributed by atoms with Gasteiger partial charge in [0, 0.05) is 0 Å². The van der Waals surface area contributed by atoms with E-state index in [0.717, 1.165) is 23.2 Å². The quantitative estimate of drug-likeness (QED) is 0.534. The molecule has 16 heavy (non-hydrogen) atoms. The Hall–Kier alpha value is -0.835. The molecule has 0 spiro atoms. The summed E-state index contributed by atoms with van der Waals surface area (Å²) >= 11 is 0. The first-order chi connectivity index (χ1) is 7.57. The van der Waals surface area contributed by atoms with Crippen molar-refractivity contribution in [2.24, 2.45) is 0 Å². The van der Waals surface area contributed by atoms with E-state index in [1.165, 1.54) is 0 Å². The van der Waals surface area contributed by atoms with Crippen molar-refractivity contribution < 1.29 is 13.8 Å². The van der Waals surface area contributed by atoms with Gasteiger partial charge in [-0.05, 0) is 5.46 Å². The van der Waals surface area contributed by atoms with Crippen LogP contribution in [0.2, 0.25) is 0 Å².